The van der Waals surface area contributed by atoms with Crippen LogP contribution in [0.3, 0.4) is 0 Å². The van der Waals surface area contributed by atoms with Crippen LogP contribution in [-0.2, 0) is 4.79 Å². The number of aromatic nitrogens is 1. The van der Waals surface area contributed by atoms with E-state index in [9.17, 15) is 9.59 Å². The summed E-state index contributed by atoms with van der Waals surface area (Å²) < 4.78 is 5.19. The van der Waals surface area contributed by atoms with Gasteiger partial charge in [0.2, 0.25) is 0 Å². The van der Waals surface area contributed by atoms with Gasteiger partial charge < -0.3 is 4.74 Å². The summed E-state index contributed by atoms with van der Waals surface area (Å²) in [6.07, 6.45) is 1.65. The lowest BCUT2D eigenvalue weighted by molar-refractivity contribution is -0.131. The molecule has 1 aromatic heterocycles. The molecule has 0 unspecified atom stereocenters. The molecule has 1 aromatic carbocycles. The van der Waals surface area contributed by atoms with Crippen molar-refractivity contribution in [2.24, 2.45) is 0 Å². The number of Topliss-reactive ketones (excluding diaryl/α,β-unsaturated/α-hetero) is 1. The standard InChI is InChI=1S/C15H13NO3/c1-10(17)12-6-5-7-13(15(12)19-11(2)18)14-8-3-4-9-16-14/h3-9H,1-2H3. The first kappa shape index (κ1) is 13.0. The molecule has 0 radical (unpaired) electrons. The molecule has 0 saturated heterocycles. The molecule has 0 aliphatic carbocycles. The Balaban J connectivity index is 2.63. The average molecular weight is 255 g/mol. The van der Waals surface area contributed by atoms with Gasteiger partial charge in [-0.25, -0.2) is 0 Å². The van der Waals surface area contributed by atoms with E-state index >= 15 is 0 Å². The van der Waals surface area contributed by atoms with Gasteiger partial charge in [0.15, 0.2) is 11.5 Å². The van der Waals surface area contributed by atoms with E-state index < -0.39 is 5.97 Å². The van der Waals surface area contributed by atoms with Gasteiger partial charge in [-0.2, -0.15) is 0 Å². The first-order valence-corrected chi connectivity index (χ1v) is 5.83. The van der Waals surface area contributed by atoms with Gasteiger partial charge in [0.1, 0.15) is 0 Å². The fourth-order valence-corrected chi connectivity index (χ4v) is 1.79. The number of nitrogens with zero attached hydrogens (tertiary/aromatic N) is 1. The van der Waals surface area contributed by atoms with E-state index in [2.05, 4.69) is 4.98 Å². The van der Waals surface area contributed by atoms with E-state index in [-0.39, 0.29) is 11.5 Å². The van der Waals surface area contributed by atoms with Crippen LogP contribution in [0.2, 0.25) is 0 Å². The zero-order valence-electron chi connectivity index (χ0n) is 10.7. The van der Waals surface area contributed by atoms with E-state index in [0.717, 1.165) is 0 Å². The maximum absolute atomic E-state index is 11.6. The van der Waals surface area contributed by atoms with Crippen molar-refractivity contribution in [3.63, 3.8) is 0 Å². The smallest absolute Gasteiger partial charge is 0.308 e. The number of hydrogen-bond donors (Lipinski definition) is 0. The molecule has 0 atom stereocenters. The number of esters is 1. The van der Waals surface area contributed by atoms with E-state index in [1.54, 1.807) is 36.5 Å². The van der Waals surface area contributed by atoms with Crippen LogP contribution in [-0.4, -0.2) is 16.7 Å². The molecule has 0 spiro atoms. The predicted molar refractivity (Wildman–Crippen MR) is 71.0 cm³/mol. The van der Waals surface area contributed by atoms with Gasteiger partial charge in [-0.1, -0.05) is 12.1 Å². The molecular weight excluding hydrogens is 242 g/mol. The molecular formula is C15H13NO3. The Morgan fingerprint density at radius 2 is 1.84 bits per heavy atom. The van der Waals surface area contributed by atoms with Gasteiger partial charge in [0.05, 0.1) is 11.3 Å². The third kappa shape index (κ3) is 2.85. The number of carbonyl (C=O) groups is 2. The Kier molecular flexibility index (Phi) is 3.71. The molecule has 0 bridgehead atoms. The third-order valence-corrected chi connectivity index (χ3v) is 2.58. The molecule has 4 nitrogen and oxygen atoms in total. The van der Waals surface area contributed by atoms with Crippen molar-refractivity contribution >= 4 is 11.8 Å². The van der Waals surface area contributed by atoms with Crippen molar-refractivity contribution in [2.45, 2.75) is 13.8 Å². The van der Waals surface area contributed by atoms with Crippen LogP contribution in [0.15, 0.2) is 42.6 Å². The molecule has 2 aromatic rings. The predicted octanol–water partition coefficient (Wildman–Crippen LogP) is 2.88. The average Bonchev–Trinajstić information content (AvgIpc) is 2.39. The van der Waals surface area contributed by atoms with Crippen molar-refractivity contribution in [3.05, 3.63) is 48.2 Å². The molecule has 1 heterocycles. The molecule has 4 heteroatoms. The number of pyridine rings is 1. The SMILES string of the molecule is CC(=O)Oc1c(C(C)=O)cccc1-c1ccccn1. The van der Waals surface area contributed by atoms with Crippen LogP contribution < -0.4 is 4.74 Å². The maximum Gasteiger partial charge on any atom is 0.308 e. The summed E-state index contributed by atoms with van der Waals surface area (Å²) in [6, 6.07) is 10.6. The first-order chi connectivity index (χ1) is 9.09. The van der Waals surface area contributed by atoms with Crippen LogP contribution in [0.1, 0.15) is 24.2 Å². The molecule has 19 heavy (non-hydrogen) atoms. The largest absolute Gasteiger partial charge is 0.425 e. The molecule has 0 aliphatic heterocycles. The number of carbonyl (C=O) groups excluding carboxylic acids is 2. The first-order valence-electron chi connectivity index (χ1n) is 5.83. The summed E-state index contributed by atoms with van der Waals surface area (Å²) in [5, 5.41) is 0. The summed E-state index contributed by atoms with van der Waals surface area (Å²) in [4.78, 5) is 27.1. The van der Waals surface area contributed by atoms with Gasteiger partial charge >= 0.3 is 5.97 Å². The second-order valence-corrected chi connectivity index (χ2v) is 4.05. The fourth-order valence-electron chi connectivity index (χ4n) is 1.79. The second-order valence-electron chi connectivity index (χ2n) is 4.05. The maximum atomic E-state index is 11.6. The van der Waals surface area contributed by atoms with Crippen molar-refractivity contribution in [1.82, 2.24) is 4.98 Å². The van der Waals surface area contributed by atoms with E-state index in [0.29, 0.717) is 16.8 Å². The lowest BCUT2D eigenvalue weighted by Gasteiger charge is -2.11. The highest BCUT2D eigenvalue weighted by atomic mass is 16.5. The summed E-state index contributed by atoms with van der Waals surface area (Å²) in [5.41, 5.74) is 1.66. The highest BCUT2D eigenvalue weighted by Crippen LogP contribution is 2.32. The van der Waals surface area contributed by atoms with Crippen LogP contribution >= 0.6 is 0 Å². The van der Waals surface area contributed by atoms with Crippen LogP contribution in [0, 0.1) is 0 Å². The monoisotopic (exact) mass is 255 g/mol. The highest BCUT2D eigenvalue weighted by Gasteiger charge is 2.16. The lowest BCUT2D eigenvalue weighted by Crippen LogP contribution is -2.07. The van der Waals surface area contributed by atoms with Crippen molar-refractivity contribution in [3.8, 4) is 17.0 Å². The molecule has 0 amide bonds. The van der Waals surface area contributed by atoms with Gasteiger partial charge in [0.25, 0.3) is 0 Å². The molecule has 0 saturated carbocycles. The highest BCUT2D eigenvalue weighted by molar-refractivity contribution is 6.00. The summed E-state index contributed by atoms with van der Waals surface area (Å²) >= 11 is 0. The Hall–Kier alpha value is -2.49. The zero-order valence-corrected chi connectivity index (χ0v) is 10.7. The van der Waals surface area contributed by atoms with Gasteiger partial charge in [0, 0.05) is 18.7 Å². The van der Waals surface area contributed by atoms with Crippen LogP contribution in [0.4, 0.5) is 0 Å². The minimum Gasteiger partial charge on any atom is -0.425 e. The fraction of sp³-hybridized carbons (Fsp3) is 0.133. The number of para-hydroxylation sites is 1. The molecule has 96 valence electrons. The van der Waals surface area contributed by atoms with E-state index in [4.69, 9.17) is 4.74 Å². The number of benzene rings is 1. The van der Waals surface area contributed by atoms with Crippen molar-refractivity contribution in [2.75, 3.05) is 0 Å². The summed E-state index contributed by atoms with van der Waals surface area (Å²) in [7, 11) is 0. The van der Waals surface area contributed by atoms with Crippen LogP contribution in [0.25, 0.3) is 11.3 Å². The second kappa shape index (κ2) is 5.44. The van der Waals surface area contributed by atoms with Crippen LogP contribution in [0.5, 0.6) is 5.75 Å². The quantitative estimate of drug-likeness (QED) is 0.480. The number of hydrogen-bond acceptors (Lipinski definition) is 4. The number of ketones is 1. The van der Waals surface area contributed by atoms with Gasteiger partial charge in [-0.3, -0.25) is 14.6 Å². The Bertz CT molecular complexity index is 621. The molecule has 0 N–H and O–H groups in total. The van der Waals surface area contributed by atoms with E-state index in [1.165, 1.54) is 13.8 Å². The topological polar surface area (TPSA) is 56.3 Å². The lowest BCUT2D eigenvalue weighted by atomic mass is 10.0. The zero-order chi connectivity index (χ0) is 13.8. The molecule has 0 aliphatic rings. The van der Waals surface area contributed by atoms with Gasteiger partial charge in [-0.15, -0.1) is 0 Å². The third-order valence-electron chi connectivity index (χ3n) is 2.58. The number of ether oxygens (including phenoxy) is 1. The van der Waals surface area contributed by atoms with E-state index in [1.807, 2.05) is 6.07 Å². The molecule has 0 fully saturated rings. The summed E-state index contributed by atoms with van der Waals surface area (Å²) in [5.74, 6) is -0.360. The summed E-state index contributed by atoms with van der Waals surface area (Å²) in [6.45, 7) is 2.74. The normalized spacial score (nSPS) is 10.0. The number of rotatable bonds is 3. The molecule has 2 rings (SSSR count). The Morgan fingerprint density at radius 1 is 1.05 bits per heavy atom. The van der Waals surface area contributed by atoms with Crippen molar-refractivity contribution < 1.29 is 14.3 Å². The van der Waals surface area contributed by atoms with Crippen molar-refractivity contribution in [1.29, 1.82) is 0 Å². The minimum absolute atomic E-state index is 0.158. The minimum atomic E-state index is -0.467. The Labute approximate surface area is 111 Å². The Morgan fingerprint density at radius 3 is 2.42 bits per heavy atom. The van der Waals surface area contributed by atoms with Gasteiger partial charge in [-0.05, 0) is 31.2 Å².